The zero-order valence-corrected chi connectivity index (χ0v) is 18.0. The highest BCUT2D eigenvalue weighted by molar-refractivity contribution is 5.96. The van der Waals surface area contributed by atoms with Gasteiger partial charge in [-0.15, -0.1) is 0 Å². The Balaban J connectivity index is 1.75. The number of benzene rings is 1. The Morgan fingerprint density at radius 2 is 1.97 bits per heavy atom. The van der Waals surface area contributed by atoms with E-state index in [1.54, 1.807) is 6.08 Å². The summed E-state index contributed by atoms with van der Waals surface area (Å²) in [5.74, 6) is -0.0347. The Kier molecular flexibility index (Phi) is 6.62. The van der Waals surface area contributed by atoms with Gasteiger partial charge in [-0.3, -0.25) is 9.59 Å². The highest BCUT2D eigenvalue weighted by Gasteiger charge is 2.51. The van der Waals surface area contributed by atoms with Gasteiger partial charge in [0.2, 0.25) is 11.8 Å². The topological polar surface area (TPSA) is 99.1 Å². The van der Waals surface area contributed by atoms with E-state index in [1.165, 1.54) is 0 Å². The maximum absolute atomic E-state index is 13.1. The fraction of sp³-hybridized carbons (Fsp3) is 0.583. The molecule has 3 N–H and O–H groups in total. The molecule has 1 aliphatic heterocycles. The Bertz CT molecular complexity index is 848. The molecule has 1 fully saturated rings. The van der Waals surface area contributed by atoms with Crippen LogP contribution in [-0.2, 0) is 9.59 Å². The normalized spacial score (nSPS) is 27.1. The molecular weight excluding hydrogens is 396 g/mol. The molecule has 4 rings (SSSR count). The average Bonchev–Trinajstić information content (AvgIpc) is 3.42. The van der Waals surface area contributed by atoms with Crippen LogP contribution < -0.4 is 10.1 Å². The summed E-state index contributed by atoms with van der Waals surface area (Å²) in [4.78, 5) is 28.0. The van der Waals surface area contributed by atoms with Gasteiger partial charge in [-0.2, -0.15) is 0 Å². The molecule has 3 aliphatic rings. The predicted molar refractivity (Wildman–Crippen MR) is 116 cm³/mol. The summed E-state index contributed by atoms with van der Waals surface area (Å²) in [6, 6.07) is 6.96. The van der Waals surface area contributed by atoms with E-state index in [-0.39, 0.29) is 31.0 Å². The second-order valence-corrected chi connectivity index (χ2v) is 8.67. The lowest BCUT2D eigenvalue weighted by molar-refractivity contribution is -0.140. The quantitative estimate of drug-likeness (QED) is 0.616. The molecule has 0 radical (unpaired) electrons. The van der Waals surface area contributed by atoms with Crippen LogP contribution in [-0.4, -0.2) is 64.4 Å². The number of nitrogens with one attached hydrogen (secondary N) is 1. The molecule has 0 saturated heterocycles. The molecule has 1 aromatic rings. The molecule has 1 saturated carbocycles. The van der Waals surface area contributed by atoms with Crippen molar-refractivity contribution in [3.8, 4) is 5.75 Å². The van der Waals surface area contributed by atoms with E-state index in [9.17, 15) is 14.7 Å². The van der Waals surface area contributed by atoms with E-state index in [4.69, 9.17) is 9.84 Å². The first-order valence-corrected chi connectivity index (χ1v) is 11.4. The van der Waals surface area contributed by atoms with Crippen LogP contribution in [0, 0.1) is 0 Å². The zero-order valence-electron chi connectivity index (χ0n) is 18.0. The fourth-order valence-electron chi connectivity index (χ4n) is 5.30. The fourth-order valence-corrected chi connectivity index (χ4v) is 5.30. The number of para-hydroxylation sites is 1. The highest BCUT2D eigenvalue weighted by Crippen LogP contribution is 2.47. The number of hydrogen-bond acceptors (Lipinski definition) is 5. The molecule has 0 bridgehead atoms. The van der Waals surface area contributed by atoms with Crippen molar-refractivity contribution in [2.45, 2.75) is 75.7 Å². The molecule has 2 aliphatic carbocycles. The van der Waals surface area contributed by atoms with Crippen molar-refractivity contribution < 1.29 is 24.5 Å². The van der Waals surface area contributed by atoms with Crippen molar-refractivity contribution in [3.05, 3.63) is 41.5 Å². The van der Waals surface area contributed by atoms with Gasteiger partial charge < -0.3 is 25.2 Å². The number of aliphatic hydroxyl groups excluding tert-OH is 2. The number of carbonyl (C=O) groups excluding carboxylic acids is 2. The summed E-state index contributed by atoms with van der Waals surface area (Å²) < 4.78 is 6.13. The summed E-state index contributed by atoms with van der Waals surface area (Å²) in [6.07, 6.45) is 5.28. The highest BCUT2D eigenvalue weighted by atomic mass is 16.5. The van der Waals surface area contributed by atoms with Gasteiger partial charge in [0.1, 0.15) is 18.0 Å². The van der Waals surface area contributed by atoms with Gasteiger partial charge in [0.15, 0.2) is 0 Å². The third kappa shape index (κ3) is 4.08. The third-order valence-corrected chi connectivity index (χ3v) is 6.67. The molecule has 4 atom stereocenters. The van der Waals surface area contributed by atoms with Crippen molar-refractivity contribution in [3.63, 3.8) is 0 Å². The minimum absolute atomic E-state index is 0.0128. The minimum Gasteiger partial charge on any atom is -0.486 e. The van der Waals surface area contributed by atoms with Crippen LogP contribution in [0.3, 0.4) is 0 Å². The van der Waals surface area contributed by atoms with E-state index in [0.717, 1.165) is 37.7 Å². The van der Waals surface area contributed by atoms with Crippen LogP contribution in [0.15, 0.2) is 35.9 Å². The Morgan fingerprint density at radius 1 is 1.23 bits per heavy atom. The summed E-state index contributed by atoms with van der Waals surface area (Å²) >= 11 is 0. The largest absolute Gasteiger partial charge is 0.486 e. The number of ether oxygens (including phenoxy) is 1. The summed E-state index contributed by atoms with van der Waals surface area (Å²) in [5.41, 5.74) is 1.36. The molecule has 168 valence electrons. The van der Waals surface area contributed by atoms with Crippen LogP contribution in [0.1, 0.15) is 56.9 Å². The number of amides is 2. The SMILES string of the molecule is CCCC(=O)N(C1CCCC1)[C@@H]1C=C(C(=O)NCCO)[C@@H]2c3ccccc3O[C@@H]2[C@H]1O. The second kappa shape index (κ2) is 9.40. The van der Waals surface area contributed by atoms with E-state index < -0.39 is 24.2 Å². The van der Waals surface area contributed by atoms with Crippen molar-refractivity contribution in [1.82, 2.24) is 10.2 Å². The number of hydrogen-bond donors (Lipinski definition) is 3. The van der Waals surface area contributed by atoms with Crippen molar-refractivity contribution >= 4 is 11.8 Å². The zero-order chi connectivity index (χ0) is 22.0. The summed E-state index contributed by atoms with van der Waals surface area (Å²) in [7, 11) is 0. The summed E-state index contributed by atoms with van der Waals surface area (Å²) in [6.45, 7) is 1.96. The van der Waals surface area contributed by atoms with Crippen molar-refractivity contribution in [2.75, 3.05) is 13.2 Å². The first kappa shape index (κ1) is 21.8. The van der Waals surface area contributed by atoms with Gasteiger partial charge in [-0.05, 0) is 31.4 Å². The molecule has 0 aromatic heterocycles. The molecule has 7 heteroatoms. The molecule has 1 heterocycles. The lowest BCUT2D eigenvalue weighted by atomic mass is 9.77. The minimum atomic E-state index is -0.937. The van der Waals surface area contributed by atoms with E-state index in [0.29, 0.717) is 17.7 Å². The smallest absolute Gasteiger partial charge is 0.247 e. The number of nitrogens with zero attached hydrogens (tertiary/aromatic N) is 1. The summed E-state index contributed by atoms with van der Waals surface area (Å²) in [5, 5.41) is 23.3. The maximum atomic E-state index is 13.1. The van der Waals surface area contributed by atoms with E-state index >= 15 is 0 Å². The first-order valence-electron chi connectivity index (χ1n) is 11.4. The second-order valence-electron chi connectivity index (χ2n) is 8.67. The van der Waals surface area contributed by atoms with Crippen molar-refractivity contribution in [1.29, 1.82) is 0 Å². The molecule has 2 amide bonds. The Morgan fingerprint density at radius 3 is 2.68 bits per heavy atom. The van der Waals surface area contributed by atoms with Crippen LogP contribution in [0.25, 0.3) is 0 Å². The van der Waals surface area contributed by atoms with Crippen LogP contribution in [0.4, 0.5) is 0 Å². The molecule has 31 heavy (non-hydrogen) atoms. The lowest BCUT2D eigenvalue weighted by Crippen LogP contribution is -2.58. The number of fused-ring (bicyclic) bond motifs is 3. The number of carbonyl (C=O) groups is 2. The van der Waals surface area contributed by atoms with Crippen LogP contribution in [0.5, 0.6) is 5.75 Å². The predicted octanol–water partition coefficient (Wildman–Crippen LogP) is 1.88. The Labute approximate surface area is 183 Å². The van der Waals surface area contributed by atoms with Gasteiger partial charge in [0, 0.05) is 30.1 Å². The number of rotatable bonds is 7. The van der Waals surface area contributed by atoms with Crippen molar-refractivity contribution in [2.24, 2.45) is 0 Å². The van der Waals surface area contributed by atoms with Gasteiger partial charge in [0.05, 0.1) is 18.6 Å². The third-order valence-electron chi connectivity index (χ3n) is 6.67. The maximum Gasteiger partial charge on any atom is 0.247 e. The first-order chi connectivity index (χ1) is 15.1. The van der Waals surface area contributed by atoms with Crippen LogP contribution in [0.2, 0.25) is 0 Å². The molecule has 0 spiro atoms. The Hall–Kier alpha value is -2.38. The van der Waals surface area contributed by atoms with E-state index in [1.807, 2.05) is 36.1 Å². The number of aliphatic hydroxyl groups is 2. The monoisotopic (exact) mass is 428 g/mol. The molecule has 1 aromatic carbocycles. The van der Waals surface area contributed by atoms with Gasteiger partial charge in [0.25, 0.3) is 0 Å². The standard InChI is InChI=1S/C24H32N2O5/c1-2-7-20(28)26(15-8-3-4-9-15)18-14-17(24(30)25-12-13-27)21-16-10-5-6-11-19(16)31-23(21)22(18)29/h5-6,10-11,14-15,18,21-23,27,29H,2-4,7-9,12-13H2,1H3,(H,25,30)/t18-,21+,22+,23+/m1/s1. The molecular formula is C24H32N2O5. The average molecular weight is 429 g/mol. The molecule has 0 unspecified atom stereocenters. The van der Waals surface area contributed by atoms with Gasteiger partial charge >= 0.3 is 0 Å². The van der Waals surface area contributed by atoms with Crippen LogP contribution >= 0.6 is 0 Å². The lowest BCUT2D eigenvalue weighted by Gasteiger charge is -2.43. The van der Waals surface area contributed by atoms with E-state index in [2.05, 4.69) is 5.32 Å². The van der Waals surface area contributed by atoms with Gasteiger partial charge in [-0.1, -0.05) is 38.0 Å². The van der Waals surface area contributed by atoms with Gasteiger partial charge in [-0.25, -0.2) is 0 Å². The molecule has 7 nitrogen and oxygen atoms in total.